The zero-order chi connectivity index (χ0) is 7.61. The van der Waals surface area contributed by atoms with Gasteiger partial charge in [-0.2, -0.15) is 0 Å². The summed E-state index contributed by atoms with van der Waals surface area (Å²) in [7, 11) is 0. The minimum absolute atomic E-state index is 0.0720. The molecule has 0 aromatic heterocycles. The predicted molar refractivity (Wildman–Crippen MR) is 39.1 cm³/mol. The van der Waals surface area contributed by atoms with Crippen LogP contribution in [0.15, 0.2) is 0 Å². The minimum atomic E-state index is -1.02. The van der Waals surface area contributed by atoms with Gasteiger partial charge in [-0.15, -0.1) is 12.3 Å². The largest absolute Gasteiger partial charge is 0.327 e. The van der Waals surface area contributed by atoms with Gasteiger partial charge in [0.15, 0.2) is 0 Å². The standard InChI is InChI=1S/C8H12FN/c1-2-3-4-8(9)5-7(10)6-8/h1,7H,3-6,10H2. The lowest BCUT2D eigenvalue weighted by Crippen LogP contribution is -2.48. The average molecular weight is 141 g/mol. The van der Waals surface area contributed by atoms with Crippen LogP contribution in [0.4, 0.5) is 4.39 Å². The van der Waals surface area contributed by atoms with E-state index in [1.165, 1.54) is 0 Å². The van der Waals surface area contributed by atoms with Gasteiger partial charge in [-0.05, 0) is 19.3 Å². The number of hydrogen-bond acceptors (Lipinski definition) is 1. The Kier molecular flexibility index (Phi) is 1.96. The molecule has 1 aliphatic rings. The van der Waals surface area contributed by atoms with Crippen molar-refractivity contribution < 1.29 is 4.39 Å². The van der Waals surface area contributed by atoms with Crippen LogP contribution in [0.5, 0.6) is 0 Å². The summed E-state index contributed by atoms with van der Waals surface area (Å²) < 4.78 is 13.2. The molecular formula is C8H12FN. The van der Waals surface area contributed by atoms with Crippen molar-refractivity contribution in [2.45, 2.75) is 37.4 Å². The Morgan fingerprint density at radius 1 is 1.70 bits per heavy atom. The summed E-state index contributed by atoms with van der Waals surface area (Å²) in [6.45, 7) is 0. The number of hydrogen-bond donors (Lipinski definition) is 1. The number of rotatable bonds is 2. The summed E-state index contributed by atoms with van der Waals surface area (Å²) in [5.74, 6) is 2.43. The number of nitrogens with two attached hydrogens (primary N) is 1. The van der Waals surface area contributed by atoms with Crippen molar-refractivity contribution in [2.75, 3.05) is 0 Å². The van der Waals surface area contributed by atoms with Crippen molar-refractivity contribution in [3.05, 3.63) is 0 Å². The van der Waals surface area contributed by atoms with E-state index < -0.39 is 5.67 Å². The first-order valence-corrected chi connectivity index (χ1v) is 3.54. The van der Waals surface area contributed by atoms with Crippen LogP contribution in [-0.2, 0) is 0 Å². The fraction of sp³-hybridized carbons (Fsp3) is 0.750. The van der Waals surface area contributed by atoms with Crippen LogP contribution in [0, 0.1) is 12.3 Å². The molecular weight excluding hydrogens is 129 g/mol. The van der Waals surface area contributed by atoms with Crippen molar-refractivity contribution in [1.29, 1.82) is 0 Å². The maximum absolute atomic E-state index is 13.2. The highest BCUT2D eigenvalue weighted by molar-refractivity contribution is 4.99. The third-order valence-corrected chi connectivity index (χ3v) is 1.97. The van der Waals surface area contributed by atoms with E-state index in [9.17, 15) is 4.39 Å². The van der Waals surface area contributed by atoms with Crippen LogP contribution in [0.2, 0.25) is 0 Å². The van der Waals surface area contributed by atoms with Gasteiger partial charge in [0, 0.05) is 12.5 Å². The normalized spacial score (nSPS) is 38.3. The zero-order valence-electron chi connectivity index (χ0n) is 5.94. The van der Waals surface area contributed by atoms with Crippen molar-refractivity contribution in [3.63, 3.8) is 0 Å². The lowest BCUT2D eigenvalue weighted by atomic mass is 9.75. The Morgan fingerprint density at radius 2 is 2.30 bits per heavy atom. The van der Waals surface area contributed by atoms with Crippen molar-refractivity contribution >= 4 is 0 Å². The van der Waals surface area contributed by atoms with Gasteiger partial charge in [0.05, 0.1) is 0 Å². The first kappa shape index (κ1) is 7.56. The van der Waals surface area contributed by atoms with Crippen LogP contribution >= 0.6 is 0 Å². The molecule has 1 rings (SSSR count). The summed E-state index contributed by atoms with van der Waals surface area (Å²) >= 11 is 0. The van der Waals surface area contributed by atoms with Gasteiger partial charge in [0.1, 0.15) is 5.67 Å². The van der Waals surface area contributed by atoms with Crippen molar-refractivity contribution in [2.24, 2.45) is 5.73 Å². The third-order valence-electron chi connectivity index (χ3n) is 1.97. The smallest absolute Gasteiger partial charge is 0.115 e. The second-order valence-electron chi connectivity index (χ2n) is 3.02. The van der Waals surface area contributed by atoms with E-state index in [2.05, 4.69) is 5.92 Å². The van der Waals surface area contributed by atoms with E-state index in [0.29, 0.717) is 25.7 Å². The van der Waals surface area contributed by atoms with Gasteiger partial charge in [-0.1, -0.05) is 0 Å². The van der Waals surface area contributed by atoms with Gasteiger partial charge in [-0.25, -0.2) is 4.39 Å². The van der Waals surface area contributed by atoms with Gasteiger partial charge < -0.3 is 5.73 Å². The molecule has 0 amide bonds. The molecule has 56 valence electrons. The fourth-order valence-electron chi connectivity index (χ4n) is 1.38. The second-order valence-corrected chi connectivity index (χ2v) is 3.02. The highest BCUT2D eigenvalue weighted by Crippen LogP contribution is 2.38. The molecule has 2 N–H and O–H groups in total. The molecule has 0 saturated heterocycles. The van der Waals surface area contributed by atoms with Crippen LogP contribution in [0.3, 0.4) is 0 Å². The Bertz CT molecular complexity index is 153. The van der Waals surface area contributed by atoms with Crippen LogP contribution in [0.1, 0.15) is 25.7 Å². The van der Waals surface area contributed by atoms with Gasteiger partial charge in [-0.3, -0.25) is 0 Å². The van der Waals surface area contributed by atoms with Crippen molar-refractivity contribution in [3.8, 4) is 12.3 Å². The Hall–Kier alpha value is -0.550. The minimum Gasteiger partial charge on any atom is -0.327 e. The lowest BCUT2D eigenvalue weighted by molar-refractivity contribution is 0.0366. The summed E-state index contributed by atoms with van der Waals surface area (Å²) in [6.07, 6.45) is 7.00. The molecule has 0 atom stereocenters. The molecule has 0 bridgehead atoms. The van der Waals surface area contributed by atoms with E-state index >= 15 is 0 Å². The van der Waals surface area contributed by atoms with Crippen LogP contribution in [-0.4, -0.2) is 11.7 Å². The average Bonchev–Trinajstić information content (AvgIpc) is 1.81. The van der Waals surface area contributed by atoms with E-state index in [1.807, 2.05) is 0 Å². The summed E-state index contributed by atoms with van der Waals surface area (Å²) in [4.78, 5) is 0. The van der Waals surface area contributed by atoms with E-state index in [-0.39, 0.29) is 6.04 Å². The molecule has 2 heteroatoms. The molecule has 0 aliphatic heterocycles. The van der Waals surface area contributed by atoms with E-state index in [4.69, 9.17) is 12.2 Å². The molecule has 0 aromatic rings. The molecule has 0 aromatic carbocycles. The Balaban J connectivity index is 2.22. The maximum atomic E-state index is 13.2. The first-order chi connectivity index (χ1) is 4.66. The van der Waals surface area contributed by atoms with Gasteiger partial charge >= 0.3 is 0 Å². The SMILES string of the molecule is C#CCCC1(F)CC(N)C1. The third kappa shape index (κ3) is 1.48. The molecule has 1 saturated carbocycles. The second kappa shape index (κ2) is 2.59. The molecule has 0 radical (unpaired) electrons. The summed E-state index contributed by atoms with van der Waals surface area (Å²) in [5, 5.41) is 0. The predicted octanol–water partition coefficient (Wildman–Crippen LogP) is 1.23. The quantitative estimate of drug-likeness (QED) is 0.575. The van der Waals surface area contributed by atoms with Crippen LogP contribution in [0.25, 0.3) is 0 Å². The number of halogens is 1. The number of terminal acetylenes is 1. The number of alkyl halides is 1. The topological polar surface area (TPSA) is 26.0 Å². The highest BCUT2D eigenvalue weighted by atomic mass is 19.1. The molecule has 1 nitrogen and oxygen atoms in total. The molecule has 0 spiro atoms. The van der Waals surface area contributed by atoms with E-state index in [1.54, 1.807) is 0 Å². The first-order valence-electron chi connectivity index (χ1n) is 3.54. The molecule has 10 heavy (non-hydrogen) atoms. The molecule has 1 fully saturated rings. The molecule has 0 unspecified atom stereocenters. The lowest BCUT2D eigenvalue weighted by Gasteiger charge is -2.38. The maximum Gasteiger partial charge on any atom is 0.115 e. The summed E-state index contributed by atoms with van der Waals surface area (Å²) in [5.41, 5.74) is 4.41. The Labute approximate surface area is 60.8 Å². The summed E-state index contributed by atoms with van der Waals surface area (Å²) in [6, 6.07) is 0.0720. The highest BCUT2D eigenvalue weighted by Gasteiger charge is 2.41. The van der Waals surface area contributed by atoms with E-state index in [0.717, 1.165) is 0 Å². The fourth-order valence-corrected chi connectivity index (χ4v) is 1.38. The van der Waals surface area contributed by atoms with Gasteiger partial charge in [0.25, 0.3) is 0 Å². The monoisotopic (exact) mass is 141 g/mol. The van der Waals surface area contributed by atoms with Crippen molar-refractivity contribution in [1.82, 2.24) is 0 Å². The van der Waals surface area contributed by atoms with Crippen LogP contribution < -0.4 is 5.73 Å². The molecule has 0 heterocycles. The zero-order valence-corrected chi connectivity index (χ0v) is 5.94. The molecule has 1 aliphatic carbocycles. The van der Waals surface area contributed by atoms with Gasteiger partial charge in [0.2, 0.25) is 0 Å². The Morgan fingerprint density at radius 3 is 2.70 bits per heavy atom.